The summed E-state index contributed by atoms with van der Waals surface area (Å²) < 4.78 is 0. The Morgan fingerprint density at radius 3 is 2.71 bits per heavy atom. The summed E-state index contributed by atoms with van der Waals surface area (Å²) in [4.78, 5) is 26.9. The Morgan fingerprint density at radius 1 is 1.18 bits per heavy atom. The van der Waals surface area contributed by atoms with E-state index in [-0.39, 0.29) is 24.2 Å². The van der Waals surface area contributed by atoms with Crippen molar-refractivity contribution in [2.24, 2.45) is 5.92 Å². The van der Waals surface area contributed by atoms with E-state index < -0.39 is 0 Å². The molecule has 0 bridgehead atoms. The highest BCUT2D eigenvalue weighted by atomic mass is 32.1. The van der Waals surface area contributed by atoms with Gasteiger partial charge < -0.3 is 10.2 Å². The third-order valence-corrected chi connectivity index (χ3v) is 6.77. The van der Waals surface area contributed by atoms with Crippen LogP contribution in [0.4, 0.5) is 10.8 Å². The van der Waals surface area contributed by atoms with E-state index in [4.69, 9.17) is 0 Å². The third kappa shape index (κ3) is 3.94. The summed E-state index contributed by atoms with van der Waals surface area (Å²) in [6, 6.07) is 6.02. The molecule has 1 N–H and O–H groups in total. The highest BCUT2D eigenvalue weighted by molar-refractivity contribution is 7.15. The fourth-order valence-corrected chi connectivity index (χ4v) is 5.15. The van der Waals surface area contributed by atoms with E-state index >= 15 is 0 Å². The fourth-order valence-electron chi connectivity index (χ4n) is 4.23. The maximum absolute atomic E-state index is 12.7. The predicted octanol–water partition coefficient (Wildman–Crippen LogP) is 4.19. The average Bonchev–Trinajstić information content (AvgIpc) is 3.29. The topological polar surface area (TPSA) is 75.2 Å². The highest BCUT2D eigenvalue weighted by Crippen LogP contribution is 2.35. The van der Waals surface area contributed by atoms with Crippen molar-refractivity contribution in [1.29, 1.82) is 0 Å². The first-order valence-corrected chi connectivity index (χ1v) is 10.8. The lowest BCUT2D eigenvalue weighted by molar-refractivity contribution is -0.122. The summed E-state index contributed by atoms with van der Waals surface area (Å²) in [5.41, 5.74) is 3.10. The molecule has 0 spiro atoms. The molecule has 2 heterocycles. The molecule has 1 aliphatic carbocycles. The zero-order valence-corrected chi connectivity index (χ0v) is 17.2. The van der Waals surface area contributed by atoms with E-state index in [9.17, 15) is 9.59 Å². The van der Waals surface area contributed by atoms with Gasteiger partial charge in [-0.3, -0.25) is 9.59 Å². The maximum Gasteiger partial charge on any atom is 0.231 e. The van der Waals surface area contributed by atoms with Crippen LogP contribution < -0.4 is 10.2 Å². The summed E-state index contributed by atoms with van der Waals surface area (Å²) in [5.74, 6) is -0.0422. The fraction of sp³-hybridized carbons (Fsp3) is 0.524. The Hall–Kier alpha value is -2.28. The second kappa shape index (κ2) is 7.99. The van der Waals surface area contributed by atoms with E-state index in [0.29, 0.717) is 17.6 Å². The quantitative estimate of drug-likeness (QED) is 0.838. The van der Waals surface area contributed by atoms with Crippen molar-refractivity contribution in [3.8, 4) is 0 Å². The van der Waals surface area contributed by atoms with Gasteiger partial charge in [0.2, 0.25) is 16.9 Å². The van der Waals surface area contributed by atoms with Crippen LogP contribution in [-0.4, -0.2) is 28.6 Å². The molecule has 6 nitrogen and oxygen atoms in total. The van der Waals surface area contributed by atoms with Gasteiger partial charge in [0.15, 0.2) is 0 Å². The molecular formula is C21H26N4O2S. The Kier molecular flexibility index (Phi) is 5.44. The molecule has 1 unspecified atom stereocenters. The number of aryl methyl sites for hydroxylation is 2. The second-order valence-corrected chi connectivity index (χ2v) is 8.97. The molecule has 1 saturated heterocycles. The molecule has 1 saturated carbocycles. The Morgan fingerprint density at radius 2 is 1.96 bits per heavy atom. The lowest BCUT2D eigenvalue weighted by Crippen LogP contribution is -2.28. The number of nitrogens with zero attached hydrogens (tertiary/aromatic N) is 3. The molecule has 1 aliphatic heterocycles. The normalized spacial score (nSPS) is 20.6. The summed E-state index contributed by atoms with van der Waals surface area (Å²) >= 11 is 1.48. The molecule has 0 radical (unpaired) electrons. The van der Waals surface area contributed by atoms with Gasteiger partial charge in [-0.25, -0.2) is 0 Å². The number of benzene rings is 1. The van der Waals surface area contributed by atoms with Gasteiger partial charge in [0.25, 0.3) is 0 Å². The minimum Gasteiger partial charge on any atom is -0.311 e. The van der Waals surface area contributed by atoms with Crippen LogP contribution >= 0.6 is 11.3 Å². The molecule has 28 heavy (non-hydrogen) atoms. The molecule has 1 aromatic carbocycles. The van der Waals surface area contributed by atoms with E-state index in [1.54, 1.807) is 4.90 Å². The first-order chi connectivity index (χ1) is 13.5. The van der Waals surface area contributed by atoms with E-state index in [1.807, 2.05) is 26.0 Å². The summed E-state index contributed by atoms with van der Waals surface area (Å²) in [7, 11) is 0. The van der Waals surface area contributed by atoms with Crippen LogP contribution in [-0.2, 0) is 9.59 Å². The number of rotatable bonds is 4. The maximum atomic E-state index is 12.7. The smallest absolute Gasteiger partial charge is 0.231 e. The van der Waals surface area contributed by atoms with Gasteiger partial charge in [-0.2, -0.15) is 0 Å². The monoisotopic (exact) mass is 398 g/mol. The van der Waals surface area contributed by atoms with Crippen molar-refractivity contribution in [2.75, 3.05) is 16.8 Å². The van der Waals surface area contributed by atoms with Gasteiger partial charge in [0, 0.05) is 24.6 Å². The van der Waals surface area contributed by atoms with Crippen LogP contribution in [0.1, 0.15) is 60.6 Å². The number of amides is 2. The van der Waals surface area contributed by atoms with Crippen LogP contribution in [0.25, 0.3) is 0 Å². The number of hydrogen-bond donors (Lipinski definition) is 1. The number of nitrogens with one attached hydrogen (secondary N) is 1. The standard InChI is InChI=1S/C21H26N4O2S/c1-13-8-9-17(14(2)10-13)25-12-16(11-18(25)26)19(27)22-21-24-23-20(28-21)15-6-4-3-5-7-15/h8-10,15-16H,3-7,11-12H2,1-2H3,(H,22,24,27). The van der Waals surface area contributed by atoms with Crippen LogP contribution in [0.5, 0.6) is 0 Å². The molecule has 2 aromatic rings. The number of anilines is 2. The number of carbonyl (C=O) groups excluding carboxylic acids is 2. The first kappa shape index (κ1) is 19.1. The molecule has 7 heteroatoms. The Bertz CT molecular complexity index is 888. The zero-order valence-electron chi connectivity index (χ0n) is 16.4. The van der Waals surface area contributed by atoms with Gasteiger partial charge in [0.05, 0.1) is 5.92 Å². The van der Waals surface area contributed by atoms with Gasteiger partial charge in [-0.1, -0.05) is 48.3 Å². The molecular weight excluding hydrogens is 372 g/mol. The third-order valence-electron chi connectivity index (χ3n) is 5.76. The van der Waals surface area contributed by atoms with Gasteiger partial charge >= 0.3 is 0 Å². The minimum absolute atomic E-state index is 0.00717. The lowest BCUT2D eigenvalue weighted by atomic mass is 9.90. The van der Waals surface area contributed by atoms with E-state index in [2.05, 4.69) is 21.6 Å². The summed E-state index contributed by atoms with van der Waals surface area (Å²) in [6.07, 6.45) is 6.32. The van der Waals surface area contributed by atoms with Crippen molar-refractivity contribution in [1.82, 2.24) is 10.2 Å². The van der Waals surface area contributed by atoms with Crippen molar-refractivity contribution >= 4 is 34.0 Å². The average molecular weight is 399 g/mol. The molecule has 148 valence electrons. The van der Waals surface area contributed by atoms with Crippen LogP contribution in [0.15, 0.2) is 18.2 Å². The summed E-state index contributed by atoms with van der Waals surface area (Å²) in [6.45, 7) is 4.43. The van der Waals surface area contributed by atoms with Crippen molar-refractivity contribution in [2.45, 2.75) is 58.3 Å². The van der Waals surface area contributed by atoms with Crippen molar-refractivity contribution in [3.05, 3.63) is 34.3 Å². The van der Waals surface area contributed by atoms with E-state index in [1.165, 1.54) is 30.6 Å². The number of hydrogen-bond acceptors (Lipinski definition) is 5. The van der Waals surface area contributed by atoms with Crippen molar-refractivity contribution in [3.63, 3.8) is 0 Å². The zero-order chi connectivity index (χ0) is 19.7. The number of carbonyl (C=O) groups is 2. The second-order valence-electron chi connectivity index (χ2n) is 7.96. The van der Waals surface area contributed by atoms with Crippen LogP contribution in [0.2, 0.25) is 0 Å². The van der Waals surface area contributed by atoms with E-state index in [0.717, 1.165) is 34.7 Å². The molecule has 2 aliphatic rings. The largest absolute Gasteiger partial charge is 0.311 e. The first-order valence-electron chi connectivity index (χ1n) is 10.0. The SMILES string of the molecule is Cc1ccc(N2CC(C(=O)Nc3nnc(C4CCCCC4)s3)CC2=O)c(C)c1. The van der Waals surface area contributed by atoms with Gasteiger partial charge in [-0.15, -0.1) is 10.2 Å². The van der Waals surface area contributed by atoms with Crippen molar-refractivity contribution < 1.29 is 9.59 Å². The summed E-state index contributed by atoms with van der Waals surface area (Å²) in [5, 5.41) is 12.9. The molecule has 4 rings (SSSR count). The predicted molar refractivity (Wildman–Crippen MR) is 111 cm³/mol. The number of aromatic nitrogens is 2. The lowest BCUT2D eigenvalue weighted by Gasteiger charge is -2.19. The minimum atomic E-state index is -0.366. The van der Waals surface area contributed by atoms with Gasteiger partial charge in [-0.05, 0) is 38.3 Å². The Labute approximate surface area is 169 Å². The molecule has 1 atom stereocenters. The van der Waals surface area contributed by atoms with Crippen LogP contribution in [0.3, 0.4) is 0 Å². The molecule has 1 aromatic heterocycles. The molecule has 2 amide bonds. The molecule has 2 fully saturated rings. The van der Waals surface area contributed by atoms with Crippen LogP contribution in [0, 0.1) is 19.8 Å². The van der Waals surface area contributed by atoms with Gasteiger partial charge in [0.1, 0.15) is 5.01 Å². The Balaban J connectivity index is 1.40. The highest BCUT2D eigenvalue weighted by Gasteiger charge is 2.36.